The second-order valence-electron chi connectivity index (χ2n) is 4.72. The highest BCUT2D eigenvalue weighted by molar-refractivity contribution is 5.79. The topological polar surface area (TPSA) is 24.5 Å². The Balaban J connectivity index is 2.50. The number of nitrogens with zero attached hydrogens (tertiary/aromatic N) is 1. The molecule has 0 aliphatic carbocycles. The second-order valence-corrected chi connectivity index (χ2v) is 4.72. The molecule has 0 fully saturated rings. The molecule has 0 saturated carbocycles. The first-order chi connectivity index (χ1) is 7.03. The number of rotatable bonds is 1. The zero-order valence-electron chi connectivity index (χ0n) is 9.79. The van der Waals surface area contributed by atoms with Crippen LogP contribution < -0.4 is 15.0 Å². The number of likely N-dealkylation sites (N-methyl/N-ethyl adjacent to an activating group) is 1. The minimum Gasteiger partial charge on any atom is -0.495 e. The van der Waals surface area contributed by atoms with Crippen LogP contribution in [0.3, 0.4) is 0 Å². The molecule has 1 aromatic rings. The Morgan fingerprint density at radius 3 is 2.80 bits per heavy atom. The quantitative estimate of drug-likeness (QED) is 0.763. The Bertz CT molecular complexity index is 374. The summed E-state index contributed by atoms with van der Waals surface area (Å²) < 4.78 is 5.37. The van der Waals surface area contributed by atoms with Crippen LogP contribution in [-0.2, 0) is 0 Å². The molecule has 1 aliphatic rings. The highest BCUT2D eigenvalue weighted by atomic mass is 16.5. The van der Waals surface area contributed by atoms with Gasteiger partial charge in [0, 0.05) is 19.1 Å². The molecule has 0 atom stereocenters. The molecule has 1 aromatic carbocycles. The van der Waals surface area contributed by atoms with E-state index in [1.807, 2.05) is 12.1 Å². The van der Waals surface area contributed by atoms with Gasteiger partial charge in [-0.15, -0.1) is 0 Å². The largest absolute Gasteiger partial charge is 0.495 e. The lowest BCUT2D eigenvalue weighted by molar-refractivity contribution is 0.413. The van der Waals surface area contributed by atoms with Gasteiger partial charge in [-0.2, -0.15) is 0 Å². The first-order valence-corrected chi connectivity index (χ1v) is 5.20. The fraction of sp³-hybridized carbons (Fsp3) is 0.500. The average molecular weight is 206 g/mol. The van der Waals surface area contributed by atoms with Crippen molar-refractivity contribution in [3.8, 4) is 5.75 Å². The van der Waals surface area contributed by atoms with Crippen LogP contribution in [0.15, 0.2) is 18.2 Å². The predicted octanol–water partition coefficient (Wildman–Crippen LogP) is 2.34. The number of hydrogen-bond donors (Lipinski definition) is 1. The predicted molar refractivity (Wildman–Crippen MR) is 64.0 cm³/mol. The summed E-state index contributed by atoms with van der Waals surface area (Å²) in [5, 5.41) is 3.52. The highest BCUT2D eigenvalue weighted by Gasteiger charge is 2.29. The zero-order chi connectivity index (χ0) is 11.1. The van der Waals surface area contributed by atoms with Crippen molar-refractivity contribution in [3.05, 3.63) is 18.2 Å². The summed E-state index contributed by atoms with van der Waals surface area (Å²) in [6, 6.07) is 6.12. The molecule has 0 radical (unpaired) electrons. The summed E-state index contributed by atoms with van der Waals surface area (Å²) in [4.78, 5) is 2.26. The summed E-state index contributed by atoms with van der Waals surface area (Å²) in [7, 11) is 3.82. The van der Waals surface area contributed by atoms with E-state index in [1.54, 1.807) is 7.11 Å². The van der Waals surface area contributed by atoms with Crippen LogP contribution in [0.25, 0.3) is 0 Å². The molecule has 0 bridgehead atoms. The lowest BCUT2D eigenvalue weighted by Crippen LogP contribution is -2.47. The van der Waals surface area contributed by atoms with E-state index in [1.165, 1.54) is 5.69 Å². The molecule has 0 aromatic heterocycles. The molecule has 3 heteroatoms. The fourth-order valence-corrected chi connectivity index (χ4v) is 2.19. The summed E-state index contributed by atoms with van der Waals surface area (Å²) in [6.45, 7) is 5.38. The van der Waals surface area contributed by atoms with Gasteiger partial charge in [-0.3, -0.25) is 0 Å². The molecule has 1 N–H and O–H groups in total. The van der Waals surface area contributed by atoms with Gasteiger partial charge in [0.05, 0.1) is 12.8 Å². The molecule has 3 nitrogen and oxygen atoms in total. The highest BCUT2D eigenvalue weighted by Crippen LogP contribution is 2.40. The van der Waals surface area contributed by atoms with Crippen LogP contribution in [0, 0.1) is 0 Å². The van der Waals surface area contributed by atoms with E-state index in [0.717, 1.165) is 18.0 Å². The number of ether oxygens (including phenoxy) is 1. The van der Waals surface area contributed by atoms with Crippen molar-refractivity contribution in [1.29, 1.82) is 0 Å². The summed E-state index contributed by atoms with van der Waals surface area (Å²) in [6.07, 6.45) is 0. The monoisotopic (exact) mass is 206 g/mol. The number of methoxy groups -OCH3 is 1. The number of benzene rings is 1. The van der Waals surface area contributed by atoms with Crippen molar-refractivity contribution in [3.63, 3.8) is 0 Å². The summed E-state index contributed by atoms with van der Waals surface area (Å²) >= 11 is 0. The average Bonchev–Trinajstić information content (AvgIpc) is 2.15. The van der Waals surface area contributed by atoms with Crippen molar-refractivity contribution < 1.29 is 4.74 Å². The van der Waals surface area contributed by atoms with Gasteiger partial charge in [0.2, 0.25) is 0 Å². The number of nitrogens with one attached hydrogen (secondary N) is 1. The van der Waals surface area contributed by atoms with Crippen LogP contribution in [0.5, 0.6) is 5.75 Å². The molecule has 2 rings (SSSR count). The van der Waals surface area contributed by atoms with E-state index in [4.69, 9.17) is 4.74 Å². The summed E-state index contributed by atoms with van der Waals surface area (Å²) in [5.41, 5.74) is 2.38. The lowest BCUT2D eigenvalue weighted by Gasteiger charge is -2.40. The molecule has 82 valence electrons. The third-order valence-electron chi connectivity index (χ3n) is 2.73. The van der Waals surface area contributed by atoms with Crippen LogP contribution in [0.2, 0.25) is 0 Å². The lowest BCUT2D eigenvalue weighted by atomic mass is 9.99. The molecule has 0 spiro atoms. The van der Waals surface area contributed by atoms with Crippen molar-refractivity contribution in [2.75, 3.05) is 30.9 Å². The third kappa shape index (κ3) is 1.74. The maximum absolute atomic E-state index is 5.37. The van der Waals surface area contributed by atoms with Crippen LogP contribution in [0.4, 0.5) is 11.4 Å². The van der Waals surface area contributed by atoms with Crippen LogP contribution in [0.1, 0.15) is 13.8 Å². The van der Waals surface area contributed by atoms with Gasteiger partial charge < -0.3 is 15.0 Å². The van der Waals surface area contributed by atoms with Crippen LogP contribution in [-0.4, -0.2) is 26.2 Å². The van der Waals surface area contributed by atoms with Gasteiger partial charge >= 0.3 is 0 Å². The SMILES string of the molecule is COc1cccc2c1NC(C)(C)CN2C. The van der Waals surface area contributed by atoms with E-state index < -0.39 is 0 Å². The Hall–Kier alpha value is -1.38. The molecule has 0 saturated heterocycles. The minimum absolute atomic E-state index is 0.0797. The van der Waals surface area contributed by atoms with Gasteiger partial charge in [-0.05, 0) is 26.0 Å². The van der Waals surface area contributed by atoms with Gasteiger partial charge in [0.25, 0.3) is 0 Å². The minimum atomic E-state index is 0.0797. The third-order valence-corrected chi connectivity index (χ3v) is 2.73. The normalized spacial score (nSPS) is 18.0. The van der Waals surface area contributed by atoms with Crippen molar-refractivity contribution in [1.82, 2.24) is 0 Å². The second kappa shape index (κ2) is 3.33. The Morgan fingerprint density at radius 2 is 2.13 bits per heavy atom. The van der Waals surface area contributed by atoms with E-state index >= 15 is 0 Å². The van der Waals surface area contributed by atoms with Crippen molar-refractivity contribution in [2.24, 2.45) is 0 Å². The summed E-state index contributed by atoms with van der Waals surface area (Å²) in [5.74, 6) is 0.909. The van der Waals surface area contributed by atoms with E-state index in [-0.39, 0.29) is 5.54 Å². The maximum Gasteiger partial charge on any atom is 0.144 e. The van der Waals surface area contributed by atoms with E-state index in [0.29, 0.717) is 0 Å². The fourth-order valence-electron chi connectivity index (χ4n) is 2.19. The number of fused-ring (bicyclic) bond motifs is 1. The van der Waals surface area contributed by atoms with Gasteiger partial charge in [-0.25, -0.2) is 0 Å². The van der Waals surface area contributed by atoms with Crippen molar-refractivity contribution >= 4 is 11.4 Å². The van der Waals surface area contributed by atoms with Gasteiger partial charge in [-0.1, -0.05) is 6.07 Å². The number of anilines is 2. The molecular weight excluding hydrogens is 188 g/mol. The molecular formula is C12H18N2O. The Labute approximate surface area is 91.0 Å². The number of para-hydroxylation sites is 1. The molecule has 1 aliphatic heterocycles. The van der Waals surface area contributed by atoms with E-state index in [2.05, 4.69) is 37.2 Å². The molecule has 0 unspecified atom stereocenters. The zero-order valence-corrected chi connectivity index (χ0v) is 9.79. The Morgan fingerprint density at radius 1 is 1.40 bits per heavy atom. The Kier molecular flexibility index (Phi) is 2.25. The number of hydrogen-bond acceptors (Lipinski definition) is 3. The molecule has 1 heterocycles. The van der Waals surface area contributed by atoms with Gasteiger partial charge in [0.15, 0.2) is 0 Å². The van der Waals surface area contributed by atoms with E-state index in [9.17, 15) is 0 Å². The first kappa shape index (κ1) is 10.1. The molecule has 15 heavy (non-hydrogen) atoms. The molecule has 0 amide bonds. The first-order valence-electron chi connectivity index (χ1n) is 5.20. The smallest absolute Gasteiger partial charge is 0.144 e. The van der Waals surface area contributed by atoms with Crippen molar-refractivity contribution in [2.45, 2.75) is 19.4 Å². The van der Waals surface area contributed by atoms with Gasteiger partial charge in [0.1, 0.15) is 11.4 Å². The van der Waals surface area contributed by atoms with Crippen LogP contribution >= 0.6 is 0 Å². The maximum atomic E-state index is 5.37. The standard InChI is InChI=1S/C12H18N2O/c1-12(2)8-14(3)9-6-5-7-10(15-4)11(9)13-12/h5-7,13H,8H2,1-4H3.